The zero-order valence-corrected chi connectivity index (χ0v) is 19.4. The van der Waals surface area contributed by atoms with Gasteiger partial charge in [-0.05, 0) is 54.2 Å². The van der Waals surface area contributed by atoms with E-state index in [2.05, 4.69) is 10.3 Å². The number of thioether (sulfide) groups is 1. The first-order chi connectivity index (χ1) is 16.2. The molecule has 0 radical (unpaired) electrons. The molecule has 0 atom stereocenters. The van der Waals surface area contributed by atoms with E-state index >= 15 is 0 Å². The van der Waals surface area contributed by atoms with Gasteiger partial charge in [0.2, 0.25) is 0 Å². The van der Waals surface area contributed by atoms with Crippen LogP contribution >= 0.6 is 23.4 Å². The second-order valence-electron chi connectivity index (χ2n) is 6.79. The van der Waals surface area contributed by atoms with Crippen molar-refractivity contribution in [1.82, 2.24) is 5.32 Å². The lowest BCUT2D eigenvalue weighted by atomic mass is 10.2. The van der Waals surface area contributed by atoms with Gasteiger partial charge in [0, 0.05) is 22.7 Å². The quantitative estimate of drug-likeness (QED) is 0.214. The highest BCUT2D eigenvalue weighted by Gasteiger charge is 2.25. The maximum absolute atomic E-state index is 12.7. The number of aliphatic imine (C=N–C) groups is 1. The summed E-state index contributed by atoms with van der Waals surface area (Å²) in [6, 6.07) is 17.4. The Bertz CT molecular complexity index is 1450. The van der Waals surface area contributed by atoms with Crippen molar-refractivity contribution < 1.29 is 22.3 Å². The third-order valence-corrected chi connectivity index (χ3v) is 6.82. The lowest BCUT2D eigenvalue weighted by molar-refractivity contribution is -0.384. The van der Waals surface area contributed by atoms with Gasteiger partial charge < -0.3 is 9.50 Å². The number of halogens is 1. The predicted molar refractivity (Wildman–Crippen MR) is 130 cm³/mol. The van der Waals surface area contributed by atoms with E-state index in [9.17, 15) is 23.3 Å². The molecular formula is C22H14ClN3O6S2. The Morgan fingerprint density at radius 3 is 2.50 bits per heavy atom. The Morgan fingerprint density at radius 2 is 1.79 bits per heavy atom. The fourth-order valence-corrected chi connectivity index (χ4v) is 4.83. The summed E-state index contributed by atoms with van der Waals surface area (Å²) in [5.74, 6) is -0.416. The van der Waals surface area contributed by atoms with Crippen molar-refractivity contribution in [2.24, 2.45) is 4.99 Å². The Labute approximate surface area is 203 Å². The summed E-state index contributed by atoms with van der Waals surface area (Å²) in [7, 11) is -4.28. The van der Waals surface area contributed by atoms with Gasteiger partial charge in [-0.1, -0.05) is 35.9 Å². The Balaban J connectivity index is 1.59. The molecule has 9 nitrogen and oxygen atoms in total. The van der Waals surface area contributed by atoms with Crippen molar-refractivity contribution in [3.63, 3.8) is 0 Å². The number of para-hydroxylation sites is 1. The number of carbonyl (C=O) groups excluding carboxylic acids is 1. The molecule has 3 aromatic rings. The van der Waals surface area contributed by atoms with Crippen molar-refractivity contribution in [3.05, 3.63) is 98.4 Å². The van der Waals surface area contributed by atoms with E-state index in [4.69, 9.17) is 15.8 Å². The number of carbonyl (C=O) groups is 1. The van der Waals surface area contributed by atoms with Gasteiger partial charge in [-0.25, -0.2) is 4.99 Å². The topological polar surface area (TPSA) is 128 Å². The van der Waals surface area contributed by atoms with Crippen LogP contribution in [0.5, 0.6) is 5.75 Å². The van der Waals surface area contributed by atoms with Gasteiger partial charge in [-0.2, -0.15) is 8.42 Å². The standard InChI is InChI=1S/C22H14ClN3O6S2/c23-15-5-3-6-16(13-15)24-22-25-21(27)20(33-22)12-14-4-1-2-7-19(14)32-34(30,31)18-10-8-17(9-11-18)26(28)29/h1-13H,(H,24,25,27)/b20-12+. The van der Waals surface area contributed by atoms with E-state index in [0.29, 0.717) is 21.4 Å². The van der Waals surface area contributed by atoms with E-state index in [1.807, 2.05) is 0 Å². The summed E-state index contributed by atoms with van der Waals surface area (Å²) in [5, 5.41) is 14.3. The molecule has 4 rings (SSSR count). The number of nitrogens with zero attached hydrogens (tertiary/aromatic N) is 2. The van der Waals surface area contributed by atoms with E-state index in [1.165, 1.54) is 12.1 Å². The van der Waals surface area contributed by atoms with Crippen molar-refractivity contribution in [2.75, 3.05) is 0 Å². The molecular weight excluding hydrogens is 502 g/mol. The van der Waals surface area contributed by atoms with Crippen molar-refractivity contribution in [3.8, 4) is 5.75 Å². The number of nitrogens with one attached hydrogen (secondary N) is 1. The molecule has 1 aliphatic heterocycles. The molecule has 0 spiro atoms. The van der Waals surface area contributed by atoms with Crippen LogP contribution in [0.3, 0.4) is 0 Å². The highest BCUT2D eigenvalue weighted by Crippen LogP contribution is 2.32. The first kappa shape index (κ1) is 23.5. The van der Waals surface area contributed by atoms with Gasteiger partial charge in [0.15, 0.2) is 5.17 Å². The minimum atomic E-state index is -4.28. The van der Waals surface area contributed by atoms with Crippen LogP contribution in [0.15, 0.2) is 87.6 Å². The van der Waals surface area contributed by atoms with E-state index in [1.54, 1.807) is 42.5 Å². The maximum atomic E-state index is 12.7. The highest BCUT2D eigenvalue weighted by atomic mass is 35.5. The summed E-state index contributed by atoms with van der Waals surface area (Å²) >= 11 is 7.04. The minimum Gasteiger partial charge on any atom is -0.378 e. The lowest BCUT2D eigenvalue weighted by Gasteiger charge is -2.09. The predicted octanol–water partition coefficient (Wildman–Crippen LogP) is 4.91. The van der Waals surface area contributed by atoms with Gasteiger partial charge in [-0.15, -0.1) is 0 Å². The van der Waals surface area contributed by atoms with Crippen LogP contribution in [0.25, 0.3) is 6.08 Å². The Morgan fingerprint density at radius 1 is 1.06 bits per heavy atom. The molecule has 1 fully saturated rings. The monoisotopic (exact) mass is 515 g/mol. The minimum absolute atomic E-state index is 0.0121. The third kappa shape index (κ3) is 5.45. The largest absolute Gasteiger partial charge is 0.378 e. The number of hydrogen-bond acceptors (Lipinski definition) is 8. The molecule has 3 aromatic carbocycles. The van der Waals surface area contributed by atoms with Crippen LogP contribution in [-0.2, 0) is 14.9 Å². The molecule has 1 amide bonds. The number of nitro groups is 1. The van der Waals surface area contributed by atoms with Crippen LogP contribution < -0.4 is 9.50 Å². The molecule has 0 aliphatic carbocycles. The third-order valence-electron chi connectivity index (χ3n) is 4.43. The number of amidine groups is 1. The van der Waals surface area contributed by atoms with Crippen LogP contribution in [0.4, 0.5) is 11.4 Å². The first-order valence-electron chi connectivity index (χ1n) is 9.54. The average molecular weight is 516 g/mol. The van der Waals surface area contributed by atoms with E-state index < -0.39 is 20.9 Å². The fraction of sp³-hybridized carbons (Fsp3) is 0. The Kier molecular flexibility index (Phi) is 6.68. The van der Waals surface area contributed by atoms with Gasteiger partial charge in [-0.3, -0.25) is 14.9 Å². The molecule has 172 valence electrons. The molecule has 1 heterocycles. The normalized spacial score (nSPS) is 16.0. The molecule has 1 aliphatic rings. The Hall–Kier alpha value is -3.67. The second-order valence-corrected chi connectivity index (χ2v) is 9.80. The van der Waals surface area contributed by atoms with Crippen LogP contribution in [-0.4, -0.2) is 24.4 Å². The zero-order valence-electron chi connectivity index (χ0n) is 17.0. The average Bonchev–Trinajstić information content (AvgIpc) is 3.13. The van der Waals surface area contributed by atoms with Gasteiger partial charge in [0.25, 0.3) is 11.6 Å². The van der Waals surface area contributed by atoms with Gasteiger partial charge in [0.05, 0.1) is 15.5 Å². The molecule has 0 saturated carbocycles. The van der Waals surface area contributed by atoms with Gasteiger partial charge >= 0.3 is 10.1 Å². The van der Waals surface area contributed by atoms with Gasteiger partial charge in [0.1, 0.15) is 10.6 Å². The molecule has 1 saturated heterocycles. The SMILES string of the molecule is O=C1NC(=Nc2cccc(Cl)c2)S/C1=C/c1ccccc1OS(=O)(=O)c1ccc([N+](=O)[O-])cc1. The van der Waals surface area contributed by atoms with Crippen molar-refractivity contribution in [1.29, 1.82) is 0 Å². The summed E-state index contributed by atoms with van der Waals surface area (Å²) in [5.41, 5.74) is 0.660. The second kappa shape index (κ2) is 9.67. The van der Waals surface area contributed by atoms with Crippen molar-refractivity contribution in [2.45, 2.75) is 4.90 Å². The zero-order chi connectivity index (χ0) is 24.3. The fourth-order valence-electron chi connectivity index (χ4n) is 2.86. The number of amides is 1. The lowest BCUT2D eigenvalue weighted by Crippen LogP contribution is -2.19. The van der Waals surface area contributed by atoms with Crippen LogP contribution in [0, 0.1) is 10.1 Å². The number of non-ortho nitro benzene ring substituents is 1. The van der Waals surface area contributed by atoms with E-state index in [-0.39, 0.29) is 21.2 Å². The molecule has 0 unspecified atom stereocenters. The smallest absolute Gasteiger partial charge is 0.339 e. The summed E-state index contributed by atoms with van der Waals surface area (Å²) < 4.78 is 30.7. The number of nitro benzene ring substituents is 1. The first-order valence-corrected chi connectivity index (χ1v) is 12.1. The van der Waals surface area contributed by atoms with E-state index in [0.717, 1.165) is 36.0 Å². The molecule has 0 bridgehead atoms. The van der Waals surface area contributed by atoms with Crippen molar-refractivity contribution >= 4 is 62.0 Å². The number of rotatable bonds is 6. The van der Waals surface area contributed by atoms with Crippen LogP contribution in [0.2, 0.25) is 5.02 Å². The summed E-state index contributed by atoms with van der Waals surface area (Å²) in [6.07, 6.45) is 1.49. The molecule has 1 N–H and O–H groups in total. The molecule has 12 heteroatoms. The summed E-state index contributed by atoms with van der Waals surface area (Å²) in [6.45, 7) is 0. The van der Waals surface area contributed by atoms with Crippen LogP contribution in [0.1, 0.15) is 5.56 Å². The molecule has 0 aromatic heterocycles. The summed E-state index contributed by atoms with van der Waals surface area (Å²) in [4.78, 5) is 27.0. The number of hydrogen-bond donors (Lipinski definition) is 1. The molecule has 34 heavy (non-hydrogen) atoms. The number of benzene rings is 3. The highest BCUT2D eigenvalue weighted by molar-refractivity contribution is 8.18. The maximum Gasteiger partial charge on any atom is 0.339 e.